The number of non-ortho nitro benzene ring substituents is 1. The van der Waals surface area contributed by atoms with Crippen LogP contribution in [0.15, 0.2) is 41.3 Å². The largest absolute Gasteiger partial charge is 0.324 e. The van der Waals surface area contributed by atoms with Crippen molar-refractivity contribution in [2.75, 3.05) is 11.1 Å². The second-order valence-corrected chi connectivity index (χ2v) is 6.45. The number of nitrogens with zero attached hydrogens (tertiary/aromatic N) is 1. The van der Waals surface area contributed by atoms with Crippen LogP contribution < -0.4 is 5.32 Å². The molecule has 0 saturated heterocycles. The summed E-state index contributed by atoms with van der Waals surface area (Å²) in [7, 11) is 0. The number of thioether (sulfide) groups is 1. The van der Waals surface area contributed by atoms with E-state index in [0.717, 1.165) is 16.0 Å². The fraction of sp³-hybridized carbons (Fsp3) is 0.188. The summed E-state index contributed by atoms with van der Waals surface area (Å²) < 4.78 is 0. The van der Waals surface area contributed by atoms with Gasteiger partial charge in [-0.15, -0.1) is 11.8 Å². The highest BCUT2D eigenvalue weighted by molar-refractivity contribution is 8.00. The Morgan fingerprint density at radius 1 is 1.26 bits per heavy atom. The SMILES string of the molecule is Cc1ccc(C)c(SCC(=O)Nc2ccc([N+](=O)[O-])cc2Cl)c1. The van der Waals surface area contributed by atoms with E-state index < -0.39 is 4.92 Å². The maximum absolute atomic E-state index is 12.0. The van der Waals surface area contributed by atoms with Crippen LogP contribution >= 0.6 is 23.4 Å². The molecule has 0 aromatic heterocycles. The van der Waals surface area contributed by atoms with Gasteiger partial charge in [0.05, 0.1) is 21.4 Å². The van der Waals surface area contributed by atoms with Gasteiger partial charge in [-0.3, -0.25) is 14.9 Å². The molecule has 0 saturated carbocycles. The number of aryl methyl sites for hydroxylation is 2. The van der Waals surface area contributed by atoms with Crippen LogP contribution in [-0.2, 0) is 4.79 Å². The van der Waals surface area contributed by atoms with Gasteiger partial charge in [0.15, 0.2) is 0 Å². The molecule has 1 N–H and O–H groups in total. The average molecular weight is 351 g/mol. The Bertz CT molecular complexity index is 765. The number of hydrogen-bond acceptors (Lipinski definition) is 4. The van der Waals surface area contributed by atoms with E-state index in [1.807, 2.05) is 32.0 Å². The fourth-order valence-corrected chi connectivity index (χ4v) is 3.06. The Labute approximate surface area is 143 Å². The molecule has 23 heavy (non-hydrogen) atoms. The van der Waals surface area contributed by atoms with Crippen molar-refractivity contribution >= 4 is 40.6 Å². The molecule has 1 amide bonds. The summed E-state index contributed by atoms with van der Waals surface area (Å²) in [5.74, 6) is 0.0177. The minimum atomic E-state index is -0.534. The zero-order valence-corrected chi connectivity index (χ0v) is 14.2. The first-order valence-corrected chi connectivity index (χ1v) is 8.17. The van der Waals surface area contributed by atoms with Crippen LogP contribution in [0.25, 0.3) is 0 Å². The van der Waals surface area contributed by atoms with E-state index in [-0.39, 0.29) is 22.4 Å². The molecular formula is C16H15ClN2O3S. The first-order chi connectivity index (χ1) is 10.9. The van der Waals surface area contributed by atoms with Crippen molar-refractivity contribution in [1.29, 1.82) is 0 Å². The van der Waals surface area contributed by atoms with Gasteiger partial charge in [0.25, 0.3) is 5.69 Å². The van der Waals surface area contributed by atoms with Crippen molar-refractivity contribution in [2.45, 2.75) is 18.7 Å². The van der Waals surface area contributed by atoms with Gasteiger partial charge in [-0.1, -0.05) is 29.3 Å². The number of carbonyl (C=O) groups excluding carboxylic acids is 1. The van der Waals surface area contributed by atoms with Crippen LogP contribution in [-0.4, -0.2) is 16.6 Å². The lowest BCUT2D eigenvalue weighted by molar-refractivity contribution is -0.384. The van der Waals surface area contributed by atoms with E-state index in [4.69, 9.17) is 11.6 Å². The number of rotatable bonds is 5. The van der Waals surface area contributed by atoms with Crippen molar-refractivity contribution in [3.63, 3.8) is 0 Å². The number of amides is 1. The smallest absolute Gasteiger partial charge is 0.271 e. The molecule has 0 aliphatic rings. The maximum atomic E-state index is 12.0. The molecule has 2 aromatic carbocycles. The van der Waals surface area contributed by atoms with Gasteiger partial charge < -0.3 is 5.32 Å². The molecule has 0 unspecified atom stereocenters. The molecule has 0 radical (unpaired) electrons. The molecule has 2 rings (SSSR count). The zero-order chi connectivity index (χ0) is 17.0. The van der Waals surface area contributed by atoms with E-state index in [0.29, 0.717) is 5.69 Å². The lowest BCUT2D eigenvalue weighted by Gasteiger charge is -2.09. The fourth-order valence-electron chi connectivity index (χ4n) is 1.91. The number of nitro groups is 1. The van der Waals surface area contributed by atoms with E-state index in [2.05, 4.69) is 5.32 Å². The summed E-state index contributed by atoms with van der Waals surface area (Å²) in [5.41, 5.74) is 2.50. The van der Waals surface area contributed by atoms with Crippen molar-refractivity contribution in [2.24, 2.45) is 0 Å². The first-order valence-electron chi connectivity index (χ1n) is 6.80. The van der Waals surface area contributed by atoms with Crippen molar-refractivity contribution in [3.05, 3.63) is 62.7 Å². The van der Waals surface area contributed by atoms with Gasteiger partial charge in [0, 0.05) is 17.0 Å². The van der Waals surface area contributed by atoms with E-state index in [1.54, 1.807) is 0 Å². The van der Waals surface area contributed by atoms with Crippen LogP contribution in [0, 0.1) is 24.0 Å². The minimum absolute atomic E-state index is 0.113. The third-order valence-electron chi connectivity index (χ3n) is 3.14. The van der Waals surface area contributed by atoms with Gasteiger partial charge in [0.2, 0.25) is 5.91 Å². The Morgan fingerprint density at radius 2 is 2.00 bits per heavy atom. The van der Waals surface area contributed by atoms with Crippen LogP contribution in [0.4, 0.5) is 11.4 Å². The van der Waals surface area contributed by atoms with E-state index in [9.17, 15) is 14.9 Å². The molecule has 0 bridgehead atoms. The lowest BCUT2D eigenvalue weighted by atomic mass is 10.2. The molecule has 7 heteroatoms. The number of nitrogens with one attached hydrogen (secondary N) is 1. The van der Waals surface area contributed by atoms with Gasteiger partial charge in [0.1, 0.15) is 0 Å². The normalized spacial score (nSPS) is 10.4. The monoisotopic (exact) mass is 350 g/mol. The summed E-state index contributed by atoms with van der Waals surface area (Å²) in [5, 5.41) is 13.5. The number of nitro benzene ring substituents is 1. The Hall–Kier alpha value is -2.05. The van der Waals surface area contributed by atoms with Gasteiger partial charge in [-0.25, -0.2) is 0 Å². The van der Waals surface area contributed by atoms with Crippen LogP contribution in [0.2, 0.25) is 5.02 Å². The van der Waals surface area contributed by atoms with Crippen molar-refractivity contribution < 1.29 is 9.72 Å². The molecule has 5 nitrogen and oxygen atoms in total. The predicted molar refractivity (Wildman–Crippen MR) is 93.4 cm³/mol. The number of hydrogen-bond donors (Lipinski definition) is 1. The van der Waals surface area contributed by atoms with Crippen LogP contribution in [0.5, 0.6) is 0 Å². The molecule has 2 aromatic rings. The molecule has 0 heterocycles. The molecular weight excluding hydrogens is 336 g/mol. The number of anilines is 1. The van der Waals surface area contributed by atoms with Crippen molar-refractivity contribution in [1.82, 2.24) is 0 Å². The molecule has 0 fully saturated rings. The minimum Gasteiger partial charge on any atom is -0.324 e. The Balaban J connectivity index is 2.00. The first kappa shape index (κ1) is 17.3. The molecule has 0 atom stereocenters. The maximum Gasteiger partial charge on any atom is 0.271 e. The number of halogens is 1. The Morgan fingerprint density at radius 3 is 2.65 bits per heavy atom. The van der Waals surface area contributed by atoms with Gasteiger partial charge >= 0.3 is 0 Å². The number of benzene rings is 2. The third kappa shape index (κ3) is 4.71. The summed E-state index contributed by atoms with van der Waals surface area (Å²) in [6.45, 7) is 3.99. The highest BCUT2D eigenvalue weighted by Gasteiger charge is 2.12. The summed E-state index contributed by atoms with van der Waals surface area (Å²) in [6, 6.07) is 10.0. The van der Waals surface area contributed by atoms with Gasteiger partial charge in [-0.05, 0) is 31.5 Å². The molecule has 0 aliphatic carbocycles. The third-order valence-corrected chi connectivity index (χ3v) is 4.61. The molecule has 120 valence electrons. The molecule has 0 spiro atoms. The highest BCUT2D eigenvalue weighted by atomic mass is 35.5. The highest BCUT2D eigenvalue weighted by Crippen LogP contribution is 2.28. The topological polar surface area (TPSA) is 72.2 Å². The quantitative estimate of drug-likeness (QED) is 0.486. The van der Waals surface area contributed by atoms with E-state index >= 15 is 0 Å². The van der Waals surface area contributed by atoms with Gasteiger partial charge in [-0.2, -0.15) is 0 Å². The Kier molecular flexibility index (Phi) is 5.63. The summed E-state index contributed by atoms with van der Waals surface area (Å²) in [4.78, 5) is 23.2. The second kappa shape index (κ2) is 7.48. The van der Waals surface area contributed by atoms with Crippen LogP contribution in [0.1, 0.15) is 11.1 Å². The predicted octanol–water partition coefficient (Wildman–Crippen LogP) is 4.60. The standard InChI is InChI=1S/C16H15ClN2O3S/c1-10-3-4-11(2)15(7-10)23-9-16(20)18-14-6-5-12(19(21)22)8-13(14)17/h3-8H,9H2,1-2H3,(H,18,20). The second-order valence-electron chi connectivity index (χ2n) is 5.03. The van der Waals surface area contributed by atoms with E-state index in [1.165, 1.54) is 30.0 Å². The summed E-state index contributed by atoms with van der Waals surface area (Å²) in [6.07, 6.45) is 0. The van der Waals surface area contributed by atoms with Crippen molar-refractivity contribution in [3.8, 4) is 0 Å². The molecule has 0 aliphatic heterocycles. The van der Waals surface area contributed by atoms with Crippen LogP contribution in [0.3, 0.4) is 0 Å². The zero-order valence-electron chi connectivity index (χ0n) is 12.6. The lowest BCUT2D eigenvalue weighted by Crippen LogP contribution is -2.14. The summed E-state index contributed by atoms with van der Waals surface area (Å²) >= 11 is 7.39. The number of carbonyl (C=O) groups is 1. The average Bonchev–Trinajstić information content (AvgIpc) is 2.50.